The molecule has 1 rings (SSSR count). The number of ether oxygens (including phenoxy) is 1. The van der Waals surface area contributed by atoms with Crippen molar-refractivity contribution in [3.05, 3.63) is 29.1 Å². The molecule has 0 bridgehead atoms. The van der Waals surface area contributed by atoms with Crippen molar-refractivity contribution >= 4 is 12.0 Å². The van der Waals surface area contributed by atoms with E-state index in [1.807, 2.05) is 0 Å². The number of carbonyl (C=O) groups is 1. The minimum Gasteiger partial charge on any atom is -0.505 e. The molecular formula is C12H15NO4. The highest BCUT2D eigenvalue weighted by Gasteiger charge is 2.09. The molecule has 5 heteroatoms. The van der Waals surface area contributed by atoms with Gasteiger partial charge in [0, 0.05) is 23.4 Å². The van der Waals surface area contributed by atoms with E-state index >= 15 is 0 Å². The first-order valence-electron chi connectivity index (χ1n) is 5.23. The van der Waals surface area contributed by atoms with Crippen molar-refractivity contribution < 1.29 is 19.7 Å². The zero-order valence-corrected chi connectivity index (χ0v) is 9.80. The van der Waals surface area contributed by atoms with Gasteiger partial charge >= 0.3 is 5.97 Å². The number of hydrogen-bond donors (Lipinski definition) is 2. The predicted octanol–water partition coefficient (Wildman–Crippen LogP) is 1.16. The molecule has 0 atom stereocenters. The molecule has 0 aromatic carbocycles. The number of rotatable bonds is 4. The van der Waals surface area contributed by atoms with Crippen molar-refractivity contribution in [2.45, 2.75) is 20.5 Å². The van der Waals surface area contributed by atoms with Crippen LogP contribution in [0, 0.1) is 6.92 Å². The molecule has 0 fully saturated rings. The lowest BCUT2D eigenvalue weighted by atomic mass is 10.1. The first-order chi connectivity index (χ1) is 8.10. The number of nitrogens with zero attached hydrogens (tertiary/aromatic N) is 1. The summed E-state index contributed by atoms with van der Waals surface area (Å²) in [5.74, 6) is -0.539. The van der Waals surface area contributed by atoms with Crippen molar-refractivity contribution in [2.24, 2.45) is 0 Å². The van der Waals surface area contributed by atoms with Crippen molar-refractivity contribution in [3.8, 4) is 5.75 Å². The van der Waals surface area contributed by atoms with E-state index in [2.05, 4.69) is 4.98 Å². The summed E-state index contributed by atoms with van der Waals surface area (Å²) in [6.07, 6.45) is 4.07. The minimum atomic E-state index is -0.495. The van der Waals surface area contributed by atoms with Gasteiger partial charge in [0.1, 0.15) is 5.75 Å². The van der Waals surface area contributed by atoms with E-state index < -0.39 is 5.97 Å². The number of esters is 1. The third kappa shape index (κ3) is 3.29. The third-order valence-corrected chi connectivity index (χ3v) is 2.20. The van der Waals surface area contributed by atoms with Crippen LogP contribution in [0.3, 0.4) is 0 Å². The fraction of sp³-hybridized carbons (Fsp3) is 0.333. The fourth-order valence-corrected chi connectivity index (χ4v) is 1.31. The highest BCUT2D eigenvalue weighted by molar-refractivity contribution is 5.88. The van der Waals surface area contributed by atoms with Crippen molar-refractivity contribution in [3.63, 3.8) is 0 Å². The quantitative estimate of drug-likeness (QED) is 0.607. The van der Waals surface area contributed by atoms with Crippen molar-refractivity contribution in [2.75, 3.05) is 6.61 Å². The number of carbonyl (C=O) groups excluding carboxylic acids is 1. The Bertz CT molecular complexity index is 440. The van der Waals surface area contributed by atoms with E-state index in [9.17, 15) is 9.90 Å². The van der Waals surface area contributed by atoms with Gasteiger partial charge < -0.3 is 14.9 Å². The van der Waals surface area contributed by atoms with E-state index in [-0.39, 0.29) is 19.0 Å². The van der Waals surface area contributed by atoms with Gasteiger partial charge in [-0.3, -0.25) is 4.98 Å². The molecule has 0 radical (unpaired) electrons. The van der Waals surface area contributed by atoms with Crippen molar-refractivity contribution in [1.29, 1.82) is 0 Å². The number of hydrogen-bond acceptors (Lipinski definition) is 5. The van der Waals surface area contributed by atoms with Crippen LogP contribution < -0.4 is 0 Å². The average molecular weight is 237 g/mol. The van der Waals surface area contributed by atoms with Crippen LogP contribution in [-0.2, 0) is 16.1 Å². The Morgan fingerprint density at radius 3 is 2.88 bits per heavy atom. The van der Waals surface area contributed by atoms with Crippen LogP contribution in [0.1, 0.15) is 23.7 Å². The lowest BCUT2D eigenvalue weighted by molar-refractivity contribution is -0.137. The lowest BCUT2D eigenvalue weighted by Crippen LogP contribution is -2.00. The summed E-state index contributed by atoms with van der Waals surface area (Å²) >= 11 is 0. The van der Waals surface area contributed by atoms with Crippen LogP contribution in [-0.4, -0.2) is 27.8 Å². The topological polar surface area (TPSA) is 79.7 Å². The van der Waals surface area contributed by atoms with Gasteiger partial charge in [0.15, 0.2) is 0 Å². The molecule has 1 aromatic rings. The van der Waals surface area contributed by atoms with E-state index in [1.54, 1.807) is 13.8 Å². The van der Waals surface area contributed by atoms with Crippen LogP contribution in [0.5, 0.6) is 5.75 Å². The number of aromatic nitrogens is 1. The van der Waals surface area contributed by atoms with Gasteiger partial charge in [-0.1, -0.05) is 0 Å². The van der Waals surface area contributed by atoms with Gasteiger partial charge in [0.25, 0.3) is 0 Å². The van der Waals surface area contributed by atoms with Gasteiger partial charge in [-0.2, -0.15) is 0 Å². The van der Waals surface area contributed by atoms with Crippen LogP contribution >= 0.6 is 0 Å². The van der Waals surface area contributed by atoms with E-state index in [0.717, 1.165) is 0 Å². The monoisotopic (exact) mass is 237 g/mol. The van der Waals surface area contributed by atoms with E-state index in [1.165, 1.54) is 18.3 Å². The highest BCUT2D eigenvalue weighted by Crippen LogP contribution is 2.25. The molecule has 17 heavy (non-hydrogen) atoms. The first kappa shape index (κ1) is 13.2. The SMILES string of the molecule is CCOC(=O)/C=C/c1c(CO)cnc(C)c1O. The second-order valence-corrected chi connectivity index (χ2v) is 3.37. The fourth-order valence-electron chi connectivity index (χ4n) is 1.31. The normalized spacial score (nSPS) is 10.8. The van der Waals surface area contributed by atoms with Crippen LogP contribution in [0.2, 0.25) is 0 Å². The van der Waals surface area contributed by atoms with Crippen LogP contribution in [0.25, 0.3) is 6.08 Å². The number of aromatic hydroxyl groups is 1. The van der Waals surface area contributed by atoms with Gasteiger partial charge in [0.2, 0.25) is 0 Å². The number of aliphatic hydroxyl groups is 1. The molecule has 0 aliphatic heterocycles. The van der Waals surface area contributed by atoms with Crippen LogP contribution in [0.4, 0.5) is 0 Å². The summed E-state index contributed by atoms with van der Waals surface area (Å²) in [6, 6.07) is 0. The van der Waals surface area contributed by atoms with Gasteiger partial charge in [-0.05, 0) is 19.9 Å². The Balaban J connectivity index is 3.04. The predicted molar refractivity (Wildman–Crippen MR) is 62.2 cm³/mol. The Hall–Kier alpha value is -1.88. The molecule has 0 saturated heterocycles. The molecule has 0 unspecified atom stereocenters. The van der Waals surface area contributed by atoms with Gasteiger partial charge in [0.05, 0.1) is 18.9 Å². The average Bonchev–Trinajstić information content (AvgIpc) is 2.31. The number of aliphatic hydroxyl groups excluding tert-OH is 1. The lowest BCUT2D eigenvalue weighted by Gasteiger charge is -2.07. The Morgan fingerprint density at radius 1 is 1.59 bits per heavy atom. The van der Waals surface area contributed by atoms with Gasteiger partial charge in [-0.25, -0.2) is 4.79 Å². The maximum Gasteiger partial charge on any atom is 0.330 e. The van der Waals surface area contributed by atoms with E-state index in [4.69, 9.17) is 9.84 Å². The third-order valence-electron chi connectivity index (χ3n) is 2.20. The first-order valence-corrected chi connectivity index (χ1v) is 5.23. The molecule has 0 saturated carbocycles. The summed E-state index contributed by atoms with van der Waals surface area (Å²) in [6.45, 7) is 3.37. The smallest absolute Gasteiger partial charge is 0.330 e. The molecule has 92 valence electrons. The maximum absolute atomic E-state index is 11.1. The summed E-state index contributed by atoms with van der Waals surface area (Å²) < 4.78 is 4.72. The van der Waals surface area contributed by atoms with E-state index in [0.29, 0.717) is 16.8 Å². The standard InChI is InChI=1S/C12H15NO4/c1-3-17-11(15)5-4-10-9(7-14)6-13-8(2)12(10)16/h4-6,14,16H,3,7H2,1-2H3/b5-4+. The maximum atomic E-state index is 11.1. The highest BCUT2D eigenvalue weighted by atomic mass is 16.5. The van der Waals surface area contributed by atoms with Crippen LogP contribution in [0.15, 0.2) is 12.3 Å². The summed E-state index contributed by atoms with van der Waals surface area (Å²) in [7, 11) is 0. The summed E-state index contributed by atoms with van der Waals surface area (Å²) in [5.41, 5.74) is 1.27. The molecule has 2 N–H and O–H groups in total. The molecule has 1 heterocycles. The molecule has 0 spiro atoms. The largest absolute Gasteiger partial charge is 0.505 e. The Kier molecular flexibility index (Phi) is 4.66. The summed E-state index contributed by atoms with van der Waals surface area (Å²) in [5, 5.41) is 18.9. The molecule has 5 nitrogen and oxygen atoms in total. The molecule has 0 aliphatic rings. The zero-order chi connectivity index (χ0) is 12.8. The molecule has 1 aromatic heterocycles. The second-order valence-electron chi connectivity index (χ2n) is 3.37. The summed E-state index contributed by atoms with van der Waals surface area (Å²) in [4.78, 5) is 15.1. The molecule has 0 amide bonds. The zero-order valence-electron chi connectivity index (χ0n) is 9.80. The Labute approximate surface area is 99.4 Å². The molecular weight excluding hydrogens is 222 g/mol. The minimum absolute atomic E-state index is 0.0444. The molecule has 0 aliphatic carbocycles. The van der Waals surface area contributed by atoms with Gasteiger partial charge in [-0.15, -0.1) is 0 Å². The Morgan fingerprint density at radius 2 is 2.29 bits per heavy atom. The van der Waals surface area contributed by atoms with Crippen molar-refractivity contribution in [1.82, 2.24) is 4.98 Å². The second kappa shape index (κ2) is 6.00. The number of pyridine rings is 1. The number of aryl methyl sites for hydroxylation is 1.